The number of carbonyl (C=O) groups is 2. The molecule has 0 bridgehead atoms. The van der Waals surface area contributed by atoms with Crippen molar-refractivity contribution in [3.8, 4) is 5.75 Å². The van der Waals surface area contributed by atoms with Crippen molar-refractivity contribution < 1.29 is 23.1 Å². The average molecular weight is 380 g/mol. The Morgan fingerprint density at radius 3 is 2.59 bits per heavy atom. The van der Waals surface area contributed by atoms with Gasteiger partial charge in [-0.2, -0.15) is 8.78 Å². The molecular weight excluding hydrogens is 354 g/mol. The number of rotatable bonds is 5. The van der Waals surface area contributed by atoms with Gasteiger partial charge in [-0.05, 0) is 42.5 Å². The van der Waals surface area contributed by atoms with Gasteiger partial charge in [0.15, 0.2) is 0 Å². The zero-order valence-corrected chi connectivity index (χ0v) is 15.7. The average Bonchev–Trinajstić information content (AvgIpc) is 3.00. The Labute approximate surface area is 158 Å². The Hall–Kier alpha value is -2.18. The number of alkyl halides is 2. The van der Waals surface area contributed by atoms with Crippen molar-refractivity contribution in [2.24, 2.45) is 17.8 Å². The standard InChI is InChI=1S/C20H26F2N2O3/c1-12-4-3-5-17(13(12)2)24-11-14(10-18(24)25)19(26)23-15-6-8-16(9-7-15)27-20(21)22/h6-9,12-14,17,20H,3-5,10-11H2,1-2H3,(H,23,26)/t12-,13+,14+,17-/m0/s1. The quantitative estimate of drug-likeness (QED) is 0.843. The van der Waals surface area contributed by atoms with Crippen LogP contribution in [0, 0.1) is 17.8 Å². The van der Waals surface area contributed by atoms with Crippen molar-refractivity contribution in [1.82, 2.24) is 4.90 Å². The number of nitrogens with one attached hydrogen (secondary N) is 1. The SMILES string of the molecule is C[C@@H]1[C@@H](C)CCC[C@@H]1N1C[C@H](C(=O)Nc2ccc(OC(F)F)cc2)CC1=O. The number of hydrogen-bond donors (Lipinski definition) is 1. The number of halogens is 2. The monoisotopic (exact) mass is 380 g/mol. The van der Waals surface area contributed by atoms with Crippen LogP contribution in [0.3, 0.4) is 0 Å². The van der Waals surface area contributed by atoms with E-state index in [1.807, 2.05) is 4.90 Å². The van der Waals surface area contributed by atoms with E-state index in [-0.39, 0.29) is 35.9 Å². The van der Waals surface area contributed by atoms with Gasteiger partial charge in [0.25, 0.3) is 0 Å². The van der Waals surface area contributed by atoms with Crippen LogP contribution in [-0.4, -0.2) is 35.9 Å². The molecule has 5 nitrogen and oxygen atoms in total. The van der Waals surface area contributed by atoms with Crippen molar-refractivity contribution in [3.05, 3.63) is 24.3 Å². The molecule has 148 valence electrons. The van der Waals surface area contributed by atoms with E-state index in [9.17, 15) is 18.4 Å². The Kier molecular flexibility index (Phi) is 5.97. The molecule has 3 rings (SSSR count). The fraction of sp³-hybridized carbons (Fsp3) is 0.600. The number of likely N-dealkylation sites (tertiary alicyclic amines) is 1. The number of amides is 2. The fourth-order valence-corrected chi connectivity index (χ4v) is 4.19. The second-order valence-electron chi connectivity index (χ2n) is 7.67. The van der Waals surface area contributed by atoms with Crippen LogP contribution in [-0.2, 0) is 9.59 Å². The van der Waals surface area contributed by atoms with Crippen molar-refractivity contribution in [3.63, 3.8) is 0 Å². The first-order chi connectivity index (χ1) is 12.8. The summed E-state index contributed by atoms with van der Waals surface area (Å²) >= 11 is 0. The molecular formula is C20H26F2N2O3. The van der Waals surface area contributed by atoms with Crippen LogP contribution < -0.4 is 10.1 Å². The molecule has 1 aromatic carbocycles. The van der Waals surface area contributed by atoms with Gasteiger partial charge in [-0.1, -0.05) is 26.7 Å². The van der Waals surface area contributed by atoms with E-state index in [0.717, 1.165) is 12.8 Å². The van der Waals surface area contributed by atoms with Crippen molar-refractivity contribution in [2.45, 2.75) is 52.2 Å². The summed E-state index contributed by atoms with van der Waals surface area (Å²) in [4.78, 5) is 26.9. The topological polar surface area (TPSA) is 58.6 Å². The minimum atomic E-state index is -2.88. The van der Waals surface area contributed by atoms with Gasteiger partial charge in [-0.15, -0.1) is 0 Å². The zero-order valence-electron chi connectivity index (χ0n) is 15.7. The van der Waals surface area contributed by atoms with E-state index in [1.54, 1.807) is 0 Å². The summed E-state index contributed by atoms with van der Waals surface area (Å²) in [6.07, 6.45) is 3.52. The van der Waals surface area contributed by atoms with Crippen LogP contribution in [0.25, 0.3) is 0 Å². The lowest BCUT2D eigenvalue weighted by Gasteiger charge is -2.40. The number of benzene rings is 1. The summed E-state index contributed by atoms with van der Waals surface area (Å²) in [5.74, 6) is 0.488. The van der Waals surface area contributed by atoms with Gasteiger partial charge in [0.2, 0.25) is 11.8 Å². The summed E-state index contributed by atoms with van der Waals surface area (Å²) in [5, 5.41) is 2.77. The highest BCUT2D eigenvalue weighted by Gasteiger charge is 2.41. The van der Waals surface area contributed by atoms with Crippen LogP contribution >= 0.6 is 0 Å². The molecule has 0 radical (unpaired) electrons. The van der Waals surface area contributed by atoms with Gasteiger partial charge in [0.05, 0.1) is 5.92 Å². The lowest BCUT2D eigenvalue weighted by molar-refractivity contribution is -0.131. The summed E-state index contributed by atoms with van der Waals surface area (Å²) in [6, 6.07) is 5.98. The zero-order chi connectivity index (χ0) is 19.6. The predicted octanol–water partition coefficient (Wildman–Crippen LogP) is 3.90. The Morgan fingerprint density at radius 1 is 1.22 bits per heavy atom. The maximum absolute atomic E-state index is 12.6. The fourth-order valence-electron chi connectivity index (χ4n) is 4.19. The molecule has 4 atom stereocenters. The van der Waals surface area contributed by atoms with Crippen LogP contribution in [0.4, 0.5) is 14.5 Å². The molecule has 1 aliphatic carbocycles. The predicted molar refractivity (Wildman–Crippen MR) is 97.5 cm³/mol. The van der Waals surface area contributed by atoms with Crippen molar-refractivity contribution in [1.29, 1.82) is 0 Å². The first-order valence-corrected chi connectivity index (χ1v) is 9.50. The van der Waals surface area contributed by atoms with E-state index < -0.39 is 6.61 Å². The maximum Gasteiger partial charge on any atom is 0.387 e. The smallest absolute Gasteiger partial charge is 0.387 e. The minimum Gasteiger partial charge on any atom is -0.435 e. The highest BCUT2D eigenvalue weighted by Crippen LogP contribution is 2.36. The lowest BCUT2D eigenvalue weighted by atomic mass is 9.77. The summed E-state index contributed by atoms with van der Waals surface area (Å²) in [7, 11) is 0. The lowest BCUT2D eigenvalue weighted by Crippen LogP contribution is -2.45. The first kappa shape index (κ1) is 19.6. The molecule has 1 heterocycles. The number of anilines is 1. The molecule has 1 aromatic rings. The first-order valence-electron chi connectivity index (χ1n) is 9.50. The molecule has 0 unspecified atom stereocenters. The van der Waals surface area contributed by atoms with Crippen LogP contribution in [0.5, 0.6) is 5.75 Å². The molecule has 0 spiro atoms. The molecule has 1 aliphatic heterocycles. The maximum atomic E-state index is 12.6. The molecule has 27 heavy (non-hydrogen) atoms. The van der Waals surface area contributed by atoms with E-state index in [4.69, 9.17) is 0 Å². The largest absolute Gasteiger partial charge is 0.435 e. The Bertz CT molecular complexity index is 680. The Balaban J connectivity index is 1.59. The van der Waals surface area contributed by atoms with Crippen molar-refractivity contribution in [2.75, 3.05) is 11.9 Å². The molecule has 7 heteroatoms. The van der Waals surface area contributed by atoms with Crippen LogP contribution in [0.15, 0.2) is 24.3 Å². The van der Waals surface area contributed by atoms with E-state index in [1.165, 1.54) is 30.7 Å². The highest BCUT2D eigenvalue weighted by molar-refractivity contribution is 5.97. The molecule has 1 N–H and O–H groups in total. The van der Waals surface area contributed by atoms with Gasteiger partial charge >= 0.3 is 6.61 Å². The van der Waals surface area contributed by atoms with Crippen molar-refractivity contribution >= 4 is 17.5 Å². The van der Waals surface area contributed by atoms with Crippen LogP contribution in [0.2, 0.25) is 0 Å². The van der Waals surface area contributed by atoms with E-state index in [0.29, 0.717) is 24.1 Å². The number of carbonyl (C=O) groups excluding carboxylic acids is 2. The van der Waals surface area contributed by atoms with Gasteiger partial charge in [-0.25, -0.2) is 0 Å². The third-order valence-electron chi connectivity index (χ3n) is 5.94. The summed E-state index contributed by atoms with van der Waals surface area (Å²) in [6.45, 7) is 1.98. The second-order valence-corrected chi connectivity index (χ2v) is 7.67. The van der Waals surface area contributed by atoms with Crippen LogP contribution in [0.1, 0.15) is 39.5 Å². The normalized spacial score (nSPS) is 28.5. The second kappa shape index (κ2) is 8.23. The third-order valence-corrected chi connectivity index (χ3v) is 5.94. The number of hydrogen-bond acceptors (Lipinski definition) is 3. The van der Waals surface area contributed by atoms with E-state index >= 15 is 0 Å². The summed E-state index contributed by atoms with van der Waals surface area (Å²) in [5.41, 5.74) is 0.493. The molecule has 0 aromatic heterocycles. The van der Waals surface area contributed by atoms with Gasteiger partial charge in [0.1, 0.15) is 5.75 Å². The molecule has 2 aliphatic rings. The number of nitrogens with zero attached hydrogens (tertiary/aromatic N) is 1. The molecule has 1 saturated carbocycles. The molecule has 2 amide bonds. The summed E-state index contributed by atoms with van der Waals surface area (Å²) < 4.78 is 28.7. The number of ether oxygens (including phenoxy) is 1. The highest BCUT2D eigenvalue weighted by atomic mass is 19.3. The van der Waals surface area contributed by atoms with E-state index in [2.05, 4.69) is 23.9 Å². The Morgan fingerprint density at radius 2 is 1.93 bits per heavy atom. The van der Waals surface area contributed by atoms with Gasteiger partial charge in [-0.3, -0.25) is 9.59 Å². The minimum absolute atomic E-state index is 0.0330. The molecule has 2 fully saturated rings. The van der Waals surface area contributed by atoms with Gasteiger partial charge < -0.3 is 15.0 Å². The molecule has 1 saturated heterocycles. The third kappa shape index (κ3) is 4.57. The van der Waals surface area contributed by atoms with Gasteiger partial charge in [0, 0.05) is 24.7 Å².